The molecule has 1 aromatic heterocycles. The first-order valence-corrected chi connectivity index (χ1v) is 6.77. The molecule has 2 rings (SSSR count). The van der Waals surface area contributed by atoms with Crippen LogP contribution in [0.5, 0.6) is 0 Å². The van der Waals surface area contributed by atoms with Gasteiger partial charge in [-0.3, -0.25) is 4.72 Å². The number of imidazole rings is 1. The van der Waals surface area contributed by atoms with Crippen molar-refractivity contribution in [1.82, 2.24) is 9.97 Å². The van der Waals surface area contributed by atoms with E-state index in [-0.39, 0.29) is 5.03 Å². The van der Waals surface area contributed by atoms with Crippen molar-refractivity contribution in [2.24, 2.45) is 0 Å². The Balaban J connectivity index is 2.36. The van der Waals surface area contributed by atoms with Gasteiger partial charge in [0.15, 0.2) is 5.03 Å². The van der Waals surface area contributed by atoms with Gasteiger partial charge < -0.3 is 10.7 Å². The van der Waals surface area contributed by atoms with Crippen LogP contribution >= 0.6 is 0 Å². The van der Waals surface area contributed by atoms with E-state index in [1.54, 1.807) is 19.1 Å². The Kier molecular flexibility index (Phi) is 3.00. The molecule has 4 N–H and O–H groups in total. The minimum absolute atomic E-state index is 0.0147. The van der Waals surface area contributed by atoms with Crippen LogP contribution in [0.2, 0.25) is 0 Å². The van der Waals surface area contributed by atoms with Crippen molar-refractivity contribution >= 4 is 21.4 Å². The summed E-state index contributed by atoms with van der Waals surface area (Å²) in [5.74, 6) is 0.535. The highest BCUT2D eigenvalue weighted by molar-refractivity contribution is 7.92. The van der Waals surface area contributed by atoms with Gasteiger partial charge in [0.25, 0.3) is 10.0 Å². The van der Waals surface area contributed by atoms with Crippen LogP contribution < -0.4 is 10.5 Å². The number of nitrogens with zero attached hydrogens (tertiary/aromatic N) is 1. The van der Waals surface area contributed by atoms with Gasteiger partial charge >= 0.3 is 0 Å². The van der Waals surface area contributed by atoms with Gasteiger partial charge in [-0.05, 0) is 31.5 Å². The molecule has 0 saturated heterocycles. The summed E-state index contributed by atoms with van der Waals surface area (Å²) in [4.78, 5) is 6.53. The molecule has 0 bridgehead atoms. The molecule has 0 aliphatic carbocycles. The minimum atomic E-state index is -3.68. The third-order valence-corrected chi connectivity index (χ3v) is 3.70. The molecular formula is C11H14N4O2S. The zero-order valence-electron chi connectivity index (χ0n) is 10.1. The molecule has 0 radical (unpaired) electrons. The number of aromatic amines is 1. The van der Waals surface area contributed by atoms with E-state index < -0.39 is 10.0 Å². The molecule has 1 heterocycles. The average Bonchev–Trinajstić information content (AvgIpc) is 2.71. The molecular weight excluding hydrogens is 252 g/mol. The fourth-order valence-electron chi connectivity index (χ4n) is 1.49. The van der Waals surface area contributed by atoms with E-state index in [1.165, 1.54) is 6.20 Å². The number of hydrogen-bond acceptors (Lipinski definition) is 4. The Morgan fingerprint density at radius 1 is 1.33 bits per heavy atom. The van der Waals surface area contributed by atoms with E-state index >= 15 is 0 Å². The lowest BCUT2D eigenvalue weighted by Crippen LogP contribution is -2.14. The molecule has 2 aromatic rings. The number of nitrogens with two attached hydrogens (primary N) is 1. The van der Waals surface area contributed by atoms with E-state index in [2.05, 4.69) is 14.7 Å². The number of aryl methyl sites for hydroxylation is 2. The van der Waals surface area contributed by atoms with Gasteiger partial charge in [0.2, 0.25) is 0 Å². The number of sulfonamides is 1. The molecule has 18 heavy (non-hydrogen) atoms. The van der Waals surface area contributed by atoms with Crippen LogP contribution in [0.1, 0.15) is 11.4 Å². The number of nitrogen functional groups attached to an aromatic ring is 1. The second-order valence-corrected chi connectivity index (χ2v) is 5.68. The summed E-state index contributed by atoms with van der Waals surface area (Å²) in [5.41, 5.74) is 7.38. The predicted molar refractivity (Wildman–Crippen MR) is 69.7 cm³/mol. The van der Waals surface area contributed by atoms with Crippen molar-refractivity contribution in [3.05, 3.63) is 35.8 Å². The first kappa shape index (κ1) is 12.4. The average molecular weight is 266 g/mol. The molecule has 0 atom stereocenters. The summed E-state index contributed by atoms with van der Waals surface area (Å²) in [6.07, 6.45) is 1.27. The van der Waals surface area contributed by atoms with Gasteiger partial charge in [-0.2, -0.15) is 8.42 Å². The van der Waals surface area contributed by atoms with Gasteiger partial charge in [-0.25, -0.2) is 4.98 Å². The molecule has 0 aliphatic rings. The van der Waals surface area contributed by atoms with Gasteiger partial charge in [0.05, 0.1) is 17.6 Å². The Morgan fingerprint density at radius 2 is 2.06 bits per heavy atom. The van der Waals surface area contributed by atoms with E-state index in [9.17, 15) is 8.42 Å². The van der Waals surface area contributed by atoms with Crippen molar-refractivity contribution in [1.29, 1.82) is 0 Å². The minimum Gasteiger partial charge on any atom is -0.397 e. The first-order valence-electron chi connectivity index (χ1n) is 5.29. The van der Waals surface area contributed by atoms with Crippen LogP contribution in [-0.2, 0) is 10.0 Å². The third-order valence-electron chi connectivity index (χ3n) is 2.42. The van der Waals surface area contributed by atoms with Crippen molar-refractivity contribution in [2.45, 2.75) is 18.9 Å². The number of benzene rings is 1. The van der Waals surface area contributed by atoms with Crippen molar-refractivity contribution in [2.75, 3.05) is 10.5 Å². The molecule has 0 unspecified atom stereocenters. The molecule has 0 aliphatic heterocycles. The molecule has 0 amide bonds. The zero-order valence-corrected chi connectivity index (χ0v) is 10.9. The maximum absolute atomic E-state index is 12.0. The summed E-state index contributed by atoms with van der Waals surface area (Å²) in [6, 6.07) is 5.15. The highest BCUT2D eigenvalue weighted by Gasteiger charge is 2.17. The quantitative estimate of drug-likeness (QED) is 0.731. The SMILES string of the molecule is Cc1ccc(N)c(NS(=O)(=O)c2cnc(C)[nH]2)c1. The Hall–Kier alpha value is -2.02. The molecule has 7 heteroatoms. The van der Waals surface area contributed by atoms with Crippen molar-refractivity contribution < 1.29 is 8.42 Å². The van der Waals surface area contributed by atoms with Crippen LogP contribution in [-0.4, -0.2) is 18.4 Å². The monoisotopic (exact) mass is 266 g/mol. The number of H-pyrrole nitrogens is 1. The normalized spacial score (nSPS) is 11.4. The van der Waals surface area contributed by atoms with Crippen LogP contribution in [0.25, 0.3) is 0 Å². The van der Waals surface area contributed by atoms with Crippen LogP contribution in [0, 0.1) is 13.8 Å². The molecule has 0 spiro atoms. The lowest BCUT2D eigenvalue weighted by molar-refractivity contribution is 0.598. The number of anilines is 2. The van der Waals surface area contributed by atoms with Crippen LogP contribution in [0.15, 0.2) is 29.4 Å². The highest BCUT2D eigenvalue weighted by Crippen LogP contribution is 2.22. The second-order valence-electron chi connectivity index (χ2n) is 4.03. The second kappa shape index (κ2) is 4.34. The Bertz CT molecular complexity index is 676. The molecule has 0 fully saturated rings. The summed E-state index contributed by atoms with van der Waals surface area (Å²) in [5, 5.41) is 0.0147. The highest BCUT2D eigenvalue weighted by atomic mass is 32.2. The van der Waals surface area contributed by atoms with Gasteiger partial charge in [-0.15, -0.1) is 0 Å². The van der Waals surface area contributed by atoms with E-state index in [0.717, 1.165) is 5.56 Å². The fourth-order valence-corrected chi connectivity index (χ4v) is 2.54. The molecule has 6 nitrogen and oxygen atoms in total. The van der Waals surface area contributed by atoms with Crippen LogP contribution in [0.4, 0.5) is 11.4 Å². The summed E-state index contributed by atoms with van der Waals surface area (Å²) >= 11 is 0. The summed E-state index contributed by atoms with van der Waals surface area (Å²) < 4.78 is 26.5. The van der Waals surface area contributed by atoms with E-state index in [0.29, 0.717) is 17.2 Å². The fraction of sp³-hybridized carbons (Fsp3) is 0.182. The lowest BCUT2D eigenvalue weighted by Gasteiger charge is -2.09. The number of nitrogens with one attached hydrogen (secondary N) is 2. The Morgan fingerprint density at radius 3 is 2.67 bits per heavy atom. The molecule has 96 valence electrons. The lowest BCUT2D eigenvalue weighted by atomic mass is 10.2. The maximum Gasteiger partial charge on any atom is 0.279 e. The Labute approximate surface area is 105 Å². The molecule has 0 saturated carbocycles. The first-order chi connectivity index (χ1) is 8.38. The van der Waals surface area contributed by atoms with Crippen molar-refractivity contribution in [3.63, 3.8) is 0 Å². The van der Waals surface area contributed by atoms with Gasteiger partial charge in [0.1, 0.15) is 5.82 Å². The third kappa shape index (κ3) is 2.45. The van der Waals surface area contributed by atoms with Crippen molar-refractivity contribution in [3.8, 4) is 0 Å². The smallest absolute Gasteiger partial charge is 0.279 e. The standard InChI is InChI=1S/C11H14N4O2S/c1-7-3-4-9(12)10(5-7)15-18(16,17)11-6-13-8(2)14-11/h3-6,15H,12H2,1-2H3,(H,13,14). The van der Waals surface area contributed by atoms with E-state index in [1.807, 2.05) is 13.0 Å². The van der Waals surface area contributed by atoms with Gasteiger partial charge in [-0.1, -0.05) is 6.07 Å². The summed E-state index contributed by atoms with van der Waals surface area (Å²) in [6.45, 7) is 3.54. The molecule has 1 aromatic carbocycles. The number of hydrogen-bond donors (Lipinski definition) is 3. The topological polar surface area (TPSA) is 101 Å². The van der Waals surface area contributed by atoms with E-state index in [4.69, 9.17) is 5.73 Å². The largest absolute Gasteiger partial charge is 0.397 e. The summed E-state index contributed by atoms with van der Waals surface area (Å²) in [7, 11) is -3.68. The van der Waals surface area contributed by atoms with Gasteiger partial charge in [0, 0.05) is 0 Å². The predicted octanol–water partition coefficient (Wildman–Crippen LogP) is 1.41. The van der Waals surface area contributed by atoms with Crippen LogP contribution in [0.3, 0.4) is 0 Å². The number of aromatic nitrogens is 2. The number of rotatable bonds is 3. The maximum atomic E-state index is 12.0. The zero-order chi connectivity index (χ0) is 13.3.